The molecule has 1 rings (SSSR count). The van der Waals surface area contributed by atoms with E-state index in [4.69, 9.17) is 5.73 Å². The summed E-state index contributed by atoms with van der Waals surface area (Å²) in [6.45, 7) is 8.68. The minimum Gasteiger partial charge on any atom is -0.398 e. The average molecular weight is 285 g/mol. The summed E-state index contributed by atoms with van der Waals surface area (Å²) < 4.78 is 1.03. The van der Waals surface area contributed by atoms with Crippen LogP contribution in [0.5, 0.6) is 0 Å². The molecule has 0 aliphatic rings. The number of aryl methyl sites for hydroxylation is 1. The van der Waals surface area contributed by atoms with Crippen LogP contribution in [0.25, 0.3) is 0 Å². The molecule has 0 aromatic heterocycles. The van der Waals surface area contributed by atoms with E-state index in [9.17, 15) is 0 Å². The molecule has 0 radical (unpaired) electrons. The average Bonchev–Trinajstić information content (AvgIpc) is 2.25. The molecule has 3 N–H and O–H groups in total. The molecule has 0 spiro atoms. The molecule has 2 nitrogen and oxygen atoms in total. The number of hydrogen-bond acceptors (Lipinski definition) is 2. The van der Waals surface area contributed by atoms with Gasteiger partial charge < -0.3 is 11.1 Å². The second-order valence-corrected chi connectivity index (χ2v) is 5.44. The Kier molecular flexibility index (Phi) is 4.25. The molecule has 1 aromatic carbocycles. The van der Waals surface area contributed by atoms with Gasteiger partial charge in [-0.3, -0.25) is 0 Å². The van der Waals surface area contributed by atoms with Crippen LogP contribution in [0.15, 0.2) is 16.6 Å². The highest BCUT2D eigenvalue weighted by Gasteiger charge is 2.20. The van der Waals surface area contributed by atoms with Crippen molar-refractivity contribution >= 4 is 27.3 Å². The summed E-state index contributed by atoms with van der Waals surface area (Å²) in [6.07, 6.45) is 2.19. The maximum atomic E-state index is 5.86. The normalized spacial score (nSPS) is 11.6. The van der Waals surface area contributed by atoms with E-state index in [1.165, 1.54) is 0 Å². The smallest absolute Gasteiger partial charge is 0.0493 e. The quantitative estimate of drug-likeness (QED) is 0.808. The fourth-order valence-corrected chi connectivity index (χ4v) is 2.00. The van der Waals surface area contributed by atoms with Crippen LogP contribution in [0.1, 0.15) is 39.2 Å². The van der Waals surface area contributed by atoms with Crippen LogP contribution in [0.4, 0.5) is 11.4 Å². The molecule has 0 bridgehead atoms. The van der Waals surface area contributed by atoms with Gasteiger partial charge in [0, 0.05) is 21.4 Å². The van der Waals surface area contributed by atoms with Crippen LogP contribution >= 0.6 is 15.9 Å². The summed E-state index contributed by atoms with van der Waals surface area (Å²) in [4.78, 5) is 0. The fraction of sp³-hybridized carbons (Fsp3) is 0.538. The molecule has 0 heterocycles. The van der Waals surface area contributed by atoms with Gasteiger partial charge in [-0.15, -0.1) is 0 Å². The van der Waals surface area contributed by atoms with E-state index < -0.39 is 0 Å². The minimum atomic E-state index is 0.144. The van der Waals surface area contributed by atoms with Crippen molar-refractivity contribution in [1.82, 2.24) is 0 Å². The van der Waals surface area contributed by atoms with Gasteiger partial charge in [0.2, 0.25) is 0 Å². The molecular formula is C13H21BrN2. The van der Waals surface area contributed by atoms with E-state index in [0.29, 0.717) is 0 Å². The Hall–Kier alpha value is -0.700. The molecule has 0 amide bonds. The van der Waals surface area contributed by atoms with Gasteiger partial charge in [0.15, 0.2) is 0 Å². The van der Waals surface area contributed by atoms with Crippen molar-refractivity contribution in [1.29, 1.82) is 0 Å². The zero-order valence-electron chi connectivity index (χ0n) is 10.5. The van der Waals surface area contributed by atoms with Gasteiger partial charge in [-0.1, -0.05) is 13.8 Å². The van der Waals surface area contributed by atoms with E-state index >= 15 is 0 Å². The van der Waals surface area contributed by atoms with Crippen molar-refractivity contribution in [2.45, 2.75) is 46.1 Å². The Morgan fingerprint density at radius 2 is 1.88 bits per heavy atom. The Morgan fingerprint density at radius 1 is 1.31 bits per heavy atom. The van der Waals surface area contributed by atoms with Gasteiger partial charge in [-0.25, -0.2) is 0 Å². The van der Waals surface area contributed by atoms with Crippen molar-refractivity contribution in [3.05, 3.63) is 22.2 Å². The van der Waals surface area contributed by atoms with E-state index in [-0.39, 0.29) is 5.54 Å². The number of nitrogen functional groups attached to an aromatic ring is 1. The Labute approximate surface area is 107 Å². The molecule has 0 fully saturated rings. The highest BCUT2D eigenvalue weighted by molar-refractivity contribution is 9.10. The number of rotatable bonds is 4. The summed E-state index contributed by atoms with van der Waals surface area (Å²) in [6, 6.07) is 4.06. The lowest BCUT2D eigenvalue weighted by Crippen LogP contribution is -2.33. The van der Waals surface area contributed by atoms with Crippen molar-refractivity contribution in [3.63, 3.8) is 0 Å². The molecule has 0 saturated heterocycles. The van der Waals surface area contributed by atoms with Crippen LogP contribution in [-0.2, 0) is 0 Å². The summed E-state index contributed by atoms with van der Waals surface area (Å²) in [5, 5.41) is 3.59. The van der Waals surface area contributed by atoms with Crippen molar-refractivity contribution in [3.8, 4) is 0 Å². The molecule has 16 heavy (non-hydrogen) atoms. The highest BCUT2D eigenvalue weighted by atomic mass is 79.9. The lowest BCUT2D eigenvalue weighted by atomic mass is 9.95. The van der Waals surface area contributed by atoms with E-state index in [0.717, 1.165) is 34.3 Å². The topological polar surface area (TPSA) is 38.0 Å². The second kappa shape index (κ2) is 5.09. The van der Waals surface area contributed by atoms with Gasteiger partial charge in [0.1, 0.15) is 0 Å². The van der Waals surface area contributed by atoms with Crippen LogP contribution in [0, 0.1) is 6.92 Å². The molecule has 3 heteroatoms. The maximum absolute atomic E-state index is 5.86. The lowest BCUT2D eigenvalue weighted by molar-refractivity contribution is 0.478. The minimum absolute atomic E-state index is 0.144. The first-order valence-electron chi connectivity index (χ1n) is 5.75. The predicted octanol–water partition coefficient (Wildman–Crippen LogP) is 4.33. The standard InChI is InChI=1S/C13H21BrN2/c1-5-13(4,6-2)16-12-7-9(3)11(15)8-10(12)14/h7-8,16H,5-6,15H2,1-4H3. The Bertz CT molecular complexity index is 370. The van der Waals surface area contributed by atoms with E-state index in [1.54, 1.807) is 0 Å². The van der Waals surface area contributed by atoms with Gasteiger partial charge in [0.25, 0.3) is 0 Å². The van der Waals surface area contributed by atoms with Crippen LogP contribution in [0.3, 0.4) is 0 Å². The number of nitrogens with two attached hydrogens (primary N) is 1. The SMILES string of the molecule is CCC(C)(CC)Nc1cc(C)c(N)cc1Br. The van der Waals surface area contributed by atoms with Gasteiger partial charge in [-0.2, -0.15) is 0 Å². The first-order valence-corrected chi connectivity index (χ1v) is 6.55. The molecular weight excluding hydrogens is 264 g/mol. The van der Waals surface area contributed by atoms with Crippen molar-refractivity contribution in [2.24, 2.45) is 0 Å². The number of hydrogen-bond donors (Lipinski definition) is 2. The maximum Gasteiger partial charge on any atom is 0.0493 e. The third-order valence-corrected chi connectivity index (χ3v) is 4.01. The van der Waals surface area contributed by atoms with Gasteiger partial charge in [0.05, 0.1) is 0 Å². The highest BCUT2D eigenvalue weighted by Crippen LogP contribution is 2.31. The zero-order chi connectivity index (χ0) is 12.3. The van der Waals surface area contributed by atoms with E-state index in [1.807, 2.05) is 13.0 Å². The fourth-order valence-electron chi connectivity index (χ4n) is 1.54. The monoisotopic (exact) mass is 284 g/mol. The molecule has 0 atom stereocenters. The van der Waals surface area contributed by atoms with Gasteiger partial charge >= 0.3 is 0 Å². The molecule has 0 aliphatic heterocycles. The van der Waals surface area contributed by atoms with Crippen molar-refractivity contribution in [2.75, 3.05) is 11.1 Å². The number of nitrogens with one attached hydrogen (secondary N) is 1. The third kappa shape index (κ3) is 2.91. The summed E-state index contributed by atoms with van der Waals surface area (Å²) in [7, 11) is 0. The molecule has 0 unspecified atom stereocenters. The van der Waals surface area contributed by atoms with Crippen LogP contribution in [0.2, 0.25) is 0 Å². The van der Waals surface area contributed by atoms with Crippen molar-refractivity contribution < 1.29 is 0 Å². The third-order valence-electron chi connectivity index (χ3n) is 3.35. The largest absolute Gasteiger partial charge is 0.398 e. The Balaban J connectivity index is 3.01. The predicted molar refractivity (Wildman–Crippen MR) is 75.9 cm³/mol. The van der Waals surface area contributed by atoms with Gasteiger partial charge in [-0.05, 0) is 60.3 Å². The first-order chi connectivity index (χ1) is 7.41. The van der Waals surface area contributed by atoms with Crippen LogP contribution in [-0.4, -0.2) is 5.54 Å². The molecule has 0 saturated carbocycles. The van der Waals surface area contributed by atoms with Crippen LogP contribution < -0.4 is 11.1 Å². The first kappa shape index (κ1) is 13.4. The lowest BCUT2D eigenvalue weighted by Gasteiger charge is -2.30. The molecule has 90 valence electrons. The zero-order valence-corrected chi connectivity index (χ0v) is 12.1. The Morgan fingerprint density at radius 3 is 2.38 bits per heavy atom. The molecule has 0 aliphatic carbocycles. The summed E-state index contributed by atoms with van der Waals surface area (Å²) >= 11 is 3.55. The second-order valence-electron chi connectivity index (χ2n) is 4.58. The summed E-state index contributed by atoms with van der Waals surface area (Å²) in [5.41, 5.74) is 9.06. The number of halogens is 1. The number of anilines is 2. The summed E-state index contributed by atoms with van der Waals surface area (Å²) in [5.74, 6) is 0. The molecule has 1 aromatic rings. The van der Waals surface area contributed by atoms with E-state index in [2.05, 4.69) is 48.1 Å². The number of benzene rings is 1.